The normalized spacial score (nSPS) is 17.1. The highest BCUT2D eigenvalue weighted by atomic mass is 32.2. The quantitative estimate of drug-likeness (QED) is 0.318. The Bertz CT molecular complexity index is 1050. The number of aromatic nitrogens is 2. The summed E-state index contributed by atoms with van der Waals surface area (Å²) < 4.78 is 5.36. The van der Waals surface area contributed by atoms with E-state index in [-0.39, 0.29) is 35.3 Å². The Balaban J connectivity index is 1.31. The Morgan fingerprint density at radius 3 is 2.78 bits per heavy atom. The number of esters is 1. The minimum absolute atomic E-state index is 0.0615. The van der Waals surface area contributed by atoms with Gasteiger partial charge in [-0.15, -0.1) is 10.2 Å². The van der Waals surface area contributed by atoms with E-state index < -0.39 is 17.9 Å². The van der Waals surface area contributed by atoms with E-state index >= 15 is 0 Å². The predicted molar refractivity (Wildman–Crippen MR) is 117 cm³/mol. The summed E-state index contributed by atoms with van der Waals surface area (Å²) in [5, 5.41) is 13.2. The summed E-state index contributed by atoms with van der Waals surface area (Å²) in [6.45, 7) is 1.77. The first kappa shape index (κ1) is 22.2. The van der Waals surface area contributed by atoms with Crippen molar-refractivity contribution in [2.75, 3.05) is 24.2 Å². The molecule has 12 heteroatoms. The molecule has 1 fully saturated rings. The summed E-state index contributed by atoms with van der Waals surface area (Å²) >= 11 is 2.29. The van der Waals surface area contributed by atoms with Gasteiger partial charge in [0, 0.05) is 11.6 Å². The van der Waals surface area contributed by atoms with Gasteiger partial charge in [-0.2, -0.15) is 0 Å². The molecular formula is C20H21N5O5S2. The number of hydrogen-bond donors (Lipinski definition) is 2. The molecule has 1 saturated carbocycles. The van der Waals surface area contributed by atoms with Crippen molar-refractivity contribution in [3.63, 3.8) is 0 Å². The molecule has 1 unspecified atom stereocenters. The highest BCUT2D eigenvalue weighted by Crippen LogP contribution is 2.41. The number of carbonyl (C=O) groups excluding carboxylic acids is 4. The van der Waals surface area contributed by atoms with Crippen LogP contribution < -0.4 is 10.6 Å². The maximum Gasteiger partial charge on any atom is 0.316 e. The molecule has 0 saturated heterocycles. The molecule has 2 aromatic rings. The van der Waals surface area contributed by atoms with Crippen LogP contribution in [0.3, 0.4) is 0 Å². The van der Waals surface area contributed by atoms with Crippen molar-refractivity contribution in [1.82, 2.24) is 20.4 Å². The second kappa shape index (κ2) is 9.65. The number of nitrogens with one attached hydrogen (secondary N) is 2. The molecule has 2 N–H and O–H groups in total. The lowest BCUT2D eigenvalue weighted by molar-refractivity contribution is -0.139. The van der Waals surface area contributed by atoms with E-state index in [0.717, 1.165) is 24.2 Å². The lowest BCUT2D eigenvalue weighted by Gasteiger charge is -2.24. The van der Waals surface area contributed by atoms with Crippen LogP contribution in [0.2, 0.25) is 0 Å². The summed E-state index contributed by atoms with van der Waals surface area (Å²) in [5.74, 6) is -1.26. The number of fused-ring (bicyclic) bond motifs is 1. The molecule has 2 aliphatic rings. The minimum atomic E-state index is -0.730. The van der Waals surface area contributed by atoms with Crippen molar-refractivity contribution in [2.45, 2.75) is 36.2 Å². The number of carbonyl (C=O) groups is 4. The monoisotopic (exact) mass is 475 g/mol. The summed E-state index contributed by atoms with van der Waals surface area (Å²) in [4.78, 5) is 50.9. The van der Waals surface area contributed by atoms with Crippen molar-refractivity contribution >= 4 is 51.9 Å². The van der Waals surface area contributed by atoms with E-state index in [9.17, 15) is 19.2 Å². The Hall–Kier alpha value is -2.99. The van der Waals surface area contributed by atoms with Crippen LogP contribution in [0.15, 0.2) is 28.6 Å². The van der Waals surface area contributed by atoms with Crippen LogP contribution >= 0.6 is 23.1 Å². The average Bonchev–Trinajstić information content (AvgIpc) is 3.45. The average molecular weight is 476 g/mol. The van der Waals surface area contributed by atoms with Crippen LogP contribution in [0.4, 0.5) is 5.13 Å². The number of rotatable bonds is 9. The summed E-state index contributed by atoms with van der Waals surface area (Å²) in [6.07, 6.45) is 1.75. The third kappa shape index (κ3) is 4.91. The number of ether oxygens (including phenoxy) is 1. The highest BCUT2D eigenvalue weighted by molar-refractivity contribution is 8.01. The Kier molecular flexibility index (Phi) is 6.70. The van der Waals surface area contributed by atoms with Crippen molar-refractivity contribution in [2.24, 2.45) is 0 Å². The SMILES string of the molecule is CCOC(=O)CSc1nnc(NC(=O)CNC(=O)C2c3ccccc3C(=O)N2C2CC2)s1. The van der Waals surface area contributed by atoms with Crippen molar-refractivity contribution in [3.05, 3.63) is 35.4 Å². The van der Waals surface area contributed by atoms with Crippen molar-refractivity contribution < 1.29 is 23.9 Å². The molecule has 2 heterocycles. The molecule has 10 nitrogen and oxygen atoms in total. The lowest BCUT2D eigenvalue weighted by atomic mass is 10.0. The zero-order valence-corrected chi connectivity index (χ0v) is 18.8. The number of anilines is 1. The zero-order chi connectivity index (χ0) is 22.7. The van der Waals surface area contributed by atoms with Gasteiger partial charge in [0.2, 0.25) is 16.9 Å². The molecule has 0 spiro atoms. The number of benzene rings is 1. The smallest absolute Gasteiger partial charge is 0.316 e. The molecule has 0 bridgehead atoms. The fourth-order valence-corrected chi connectivity index (χ4v) is 4.97. The largest absolute Gasteiger partial charge is 0.465 e. The topological polar surface area (TPSA) is 131 Å². The second-order valence-corrected chi connectivity index (χ2v) is 9.37. The standard InChI is InChI=1S/C20H21N5O5S2/c1-2-30-15(27)10-31-20-24-23-19(32-20)22-14(26)9-21-17(28)16-12-5-3-4-6-13(12)18(29)25(16)11-7-8-11/h3-6,11,16H,2,7-10H2,1H3,(H,21,28)(H,22,23,26). The molecule has 4 rings (SSSR count). The third-order valence-electron chi connectivity index (χ3n) is 4.88. The van der Waals surface area contributed by atoms with Gasteiger partial charge < -0.3 is 15.0 Å². The van der Waals surface area contributed by atoms with Crippen LogP contribution in [0.5, 0.6) is 0 Å². The first-order valence-electron chi connectivity index (χ1n) is 10.1. The maximum atomic E-state index is 12.9. The van der Waals surface area contributed by atoms with E-state index in [0.29, 0.717) is 22.1 Å². The van der Waals surface area contributed by atoms with E-state index in [1.807, 2.05) is 0 Å². The fraction of sp³-hybridized carbons (Fsp3) is 0.400. The number of nitrogens with zero attached hydrogens (tertiary/aromatic N) is 3. The van der Waals surface area contributed by atoms with E-state index in [2.05, 4.69) is 20.8 Å². The van der Waals surface area contributed by atoms with Crippen molar-refractivity contribution in [3.8, 4) is 0 Å². The fourth-order valence-electron chi connectivity index (χ4n) is 3.40. The number of hydrogen-bond acceptors (Lipinski definition) is 9. The van der Waals surface area contributed by atoms with Crippen LogP contribution in [0.1, 0.15) is 41.7 Å². The molecule has 32 heavy (non-hydrogen) atoms. The van der Waals surface area contributed by atoms with Crippen molar-refractivity contribution in [1.29, 1.82) is 0 Å². The van der Waals surface area contributed by atoms with E-state index in [1.165, 1.54) is 11.8 Å². The van der Waals surface area contributed by atoms with Gasteiger partial charge in [0.05, 0.1) is 18.9 Å². The molecule has 1 atom stereocenters. The van der Waals surface area contributed by atoms with E-state index in [1.54, 1.807) is 36.1 Å². The van der Waals surface area contributed by atoms with Crippen LogP contribution in [0, 0.1) is 0 Å². The van der Waals surface area contributed by atoms with Crippen LogP contribution in [-0.2, 0) is 19.1 Å². The van der Waals surface area contributed by atoms with Gasteiger partial charge in [-0.05, 0) is 31.4 Å². The maximum absolute atomic E-state index is 12.9. The molecule has 1 aromatic carbocycles. The molecule has 1 aliphatic heterocycles. The van der Waals surface area contributed by atoms with Gasteiger partial charge in [-0.3, -0.25) is 24.5 Å². The lowest BCUT2D eigenvalue weighted by Crippen LogP contribution is -2.42. The van der Waals surface area contributed by atoms with Crippen LogP contribution in [0.25, 0.3) is 0 Å². The first-order valence-corrected chi connectivity index (χ1v) is 11.9. The molecule has 1 aliphatic carbocycles. The molecule has 168 valence electrons. The molecule has 0 radical (unpaired) electrons. The Morgan fingerprint density at radius 2 is 2.03 bits per heavy atom. The summed E-state index contributed by atoms with van der Waals surface area (Å²) in [6, 6.07) is 6.40. The summed E-state index contributed by atoms with van der Waals surface area (Å²) in [5.41, 5.74) is 1.19. The second-order valence-electron chi connectivity index (χ2n) is 7.17. The third-order valence-corrected chi connectivity index (χ3v) is 6.83. The van der Waals surface area contributed by atoms with Gasteiger partial charge in [0.15, 0.2) is 4.34 Å². The number of amides is 3. The Morgan fingerprint density at radius 1 is 1.25 bits per heavy atom. The van der Waals surface area contributed by atoms with Gasteiger partial charge >= 0.3 is 5.97 Å². The van der Waals surface area contributed by atoms with Crippen LogP contribution in [-0.4, -0.2) is 63.7 Å². The minimum Gasteiger partial charge on any atom is -0.465 e. The van der Waals surface area contributed by atoms with Gasteiger partial charge in [0.25, 0.3) is 5.91 Å². The van der Waals surface area contributed by atoms with Gasteiger partial charge in [-0.1, -0.05) is 41.3 Å². The first-order chi connectivity index (χ1) is 15.5. The Labute approximate surface area is 192 Å². The molecule has 1 aromatic heterocycles. The molecule has 3 amide bonds. The van der Waals surface area contributed by atoms with E-state index in [4.69, 9.17) is 4.74 Å². The van der Waals surface area contributed by atoms with Gasteiger partial charge in [0.1, 0.15) is 6.04 Å². The van der Waals surface area contributed by atoms with Gasteiger partial charge in [-0.25, -0.2) is 0 Å². The zero-order valence-electron chi connectivity index (χ0n) is 17.2. The molecular weight excluding hydrogens is 454 g/mol. The predicted octanol–water partition coefficient (Wildman–Crippen LogP) is 1.61. The summed E-state index contributed by atoms with van der Waals surface area (Å²) in [7, 11) is 0. The number of thioether (sulfide) groups is 1. The highest BCUT2D eigenvalue weighted by Gasteiger charge is 2.47.